The number of nitrogens with zero attached hydrogens (tertiary/aromatic N) is 1. The summed E-state index contributed by atoms with van der Waals surface area (Å²) in [4.78, 5) is 26.7. The van der Waals surface area contributed by atoms with Crippen molar-refractivity contribution in [1.82, 2.24) is 4.90 Å². The first-order valence-electron chi connectivity index (χ1n) is 9.06. The highest BCUT2D eigenvalue weighted by atomic mass is 16.6. The molecule has 0 spiro atoms. The summed E-state index contributed by atoms with van der Waals surface area (Å²) in [5.41, 5.74) is 1.13. The molecule has 1 heterocycles. The molecule has 1 aliphatic heterocycles. The number of carbonyl (C=O) groups is 2. The summed E-state index contributed by atoms with van der Waals surface area (Å²) >= 11 is 0. The summed E-state index contributed by atoms with van der Waals surface area (Å²) in [5, 5.41) is 30.2. The number of rotatable bonds is 6. The molecule has 4 atom stereocenters. The Morgan fingerprint density at radius 1 is 0.893 bits per heavy atom. The van der Waals surface area contributed by atoms with E-state index in [4.69, 9.17) is 4.74 Å². The second-order valence-electron chi connectivity index (χ2n) is 6.69. The lowest BCUT2D eigenvalue weighted by atomic mass is 9.88. The van der Waals surface area contributed by atoms with Gasteiger partial charge in [0.15, 0.2) is 5.78 Å². The van der Waals surface area contributed by atoms with E-state index < -0.39 is 49.2 Å². The summed E-state index contributed by atoms with van der Waals surface area (Å²) in [5.74, 6) is -1.46. The molecule has 1 saturated heterocycles. The predicted octanol–water partition coefficient (Wildman–Crippen LogP) is 1.22. The van der Waals surface area contributed by atoms with Crippen LogP contribution in [-0.4, -0.2) is 63.5 Å². The Kier molecular flexibility index (Phi) is 6.41. The van der Waals surface area contributed by atoms with Gasteiger partial charge in [0, 0.05) is 5.56 Å². The van der Waals surface area contributed by atoms with Crippen LogP contribution in [0.25, 0.3) is 0 Å². The molecule has 0 aliphatic carbocycles. The van der Waals surface area contributed by atoms with Crippen LogP contribution in [0.4, 0.5) is 4.79 Å². The topological polar surface area (TPSA) is 107 Å². The van der Waals surface area contributed by atoms with Crippen LogP contribution in [0.15, 0.2) is 60.7 Å². The molecular formula is C21H23NO6. The van der Waals surface area contributed by atoms with Crippen molar-refractivity contribution >= 4 is 11.9 Å². The highest BCUT2D eigenvalue weighted by Crippen LogP contribution is 2.33. The third-order valence-electron chi connectivity index (χ3n) is 5.04. The summed E-state index contributed by atoms with van der Waals surface area (Å²) in [6, 6.07) is 15.4. The Bertz CT molecular complexity index is 797. The van der Waals surface area contributed by atoms with E-state index in [0.29, 0.717) is 5.56 Å². The molecule has 148 valence electrons. The molecule has 4 unspecified atom stereocenters. The van der Waals surface area contributed by atoms with Crippen molar-refractivity contribution in [1.29, 1.82) is 0 Å². The molecule has 1 aliphatic rings. The Hall–Kier alpha value is -2.74. The van der Waals surface area contributed by atoms with Gasteiger partial charge in [-0.05, 0) is 5.56 Å². The van der Waals surface area contributed by atoms with Gasteiger partial charge in [-0.15, -0.1) is 0 Å². The van der Waals surface area contributed by atoms with Crippen molar-refractivity contribution in [2.45, 2.75) is 24.8 Å². The highest BCUT2D eigenvalue weighted by Gasteiger charge is 2.53. The molecular weight excluding hydrogens is 362 g/mol. The lowest BCUT2D eigenvalue weighted by Crippen LogP contribution is -2.47. The van der Waals surface area contributed by atoms with Crippen LogP contribution in [0.2, 0.25) is 0 Å². The number of aliphatic hydroxyl groups excluding tert-OH is 3. The smallest absolute Gasteiger partial charge is 0.410 e. The summed E-state index contributed by atoms with van der Waals surface area (Å²) in [6.07, 6.45) is -2.12. The third-order valence-corrected chi connectivity index (χ3v) is 5.04. The summed E-state index contributed by atoms with van der Waals surface area (Å²) in [6.45, 7) is -1.10. The van der Waals surface area contributed by atoms with E-state index in [2.05, 4.69) is 0 Å². The molecule has 2 aromatic rings. The van der Waals surface area contributed by atoms with Crippen molar-refractivity contribution < 1.29 is 29.6 Å². The van der Waals surface area contributed by atoms with Gasteiger partial charge in [0.25, 0.3) is 0 Å². The molecule has 3 rings (SSSR count). The Labute approximate surface area is 162 Å². The highest BCUT2D eigenvalue weighted by molar-refractivity contribution is 5.99. The first kappa shape index (κ1) is 20.0. The SMILES string of the molecule is O=C(c1ccccc1)C1C(O)C(CO)N(C(=O)OCc2ccccc2)C1CO. The molecule has 7 nitrogen and oxygen atoms in total. The third kappa shape index (κ3) is 3.91. The molecule has 3 N–H and O–H groups in total. The minimum absolute atomic E-state index is 0.000135. The van der Waals surface area contributed by atoms with E-state index in [1.54, 1.807) is 42.5 Å². The molecule has 1 amide bonds. The Morgan fingerprint density at radius 2 is 1.46 bits per heavy atom. The van der Waals surface area contributed by atoms with E-state index >= 15 is 0 Å². The molecule has 28 heavy (non-hydrogen) atoms. The van der Waals surface area contributed by atoms with Gasteiger partial charge in [0.1, 0.15) is 6.61 Å². The summed E-state index contributed by atoms with van der Waals surface area (Å²) in [7, 11) is 0. The van der Waals surface area contributed by atoms with Gasteiger partial charge in [-0.2, -0.15) is 0 Å². The quantitative estimate of drug-likeness (QED) is 0.646. The summed E-state index contributed by atoms with van der Waals surface area (Å²) < 4.78 is 5.30. The van der Waals surface area contributed by atoms with Gasteiger partial charge in [-0.1, -0.05) is 60.7 Å². The van der Waals surface area contributed by atoms with Crippen molar-refractivity contribution in [2.75, 3.05) is 13.2 Å². The zero-order valence-electron chi connectivity index (χ0n) is 15.2. The largest absolute Gasteiger partial charge is 0.445 e. The van der Waals surface area contributed by atoms with Gasteiger partial charge >= 0.3 is 6.09 Å². The van der Waals surface area contributed by atoms with Gasteiger partial charge in [0.05, 0.1) is 37.3 Å². The van der Waals surface area contributed by atoms with Gasteiger partial charge in [-0.25, -0.2) is 4.79 Å². The number of likely N-dealkylation sites (tertiary alicyclic amines) is 1. The number of ketones is 1. The fourth-order valence-electron chi connectivity index (χ4n) is 3.64. The van der Waals surface area contributed by atoms with Gasteiger partial charge < -0.3 is 20.1 Å². The minimum Gasteiger partial charge on any atom is -0.445 e. The molecule has 0 radical (unpaired) electrons. The lowest BCUT2D eigenvalue weighted by Gasteiger charge is -2.28. The number of ether oxygens (including phenoxy) is 1. The van der Waals surface area contributed by atoms with Crippen molar-refractivity contribution in [3.05, 3.63) is 71.8 Å². The number of hydrogen-bond acceptors (Lipinski definition) is 6. The fourth-order valence-corrected chi connectivity index (χ4v) is 3.64. The number of carbonyl (C=O) groups excluding carboxylic acids is 2. The molecule has 1 fully saturated rings. The maximum absolute atomic E-state index is 12.9. The van der Waals surface area contributed by atoms with E-state index in [9.17, 15) is 24.9 Å². The average Bonchev–Trinajstić information content (AvgIpc) is 3.04. The number of hydrogen-bond donors (Lipinski definition) is 3. The monoisotopic (exact) mass is 385 g/mol. The predicted molar refractivity (Wildman–Crippen MR) is 100 cm³/mol. The number of aliphatic hydroxyl groups is 3. The lowest BCUT2D eigenvalue weighted by molar-refractivity contribution is 0.0342. The molecule has 0 saturated carbocycles. The van der Waals surface area contributed by atoms with E-state index in [0.717, 1.165) is 10.5 Å². The zero-order chi connectivity index (χ0) is 20.1. The number of Topliss-reactive ketones (excluding diaryl/α,β-unsaturated/α-hetero) is 1. The van der Waals surface area contributed by atoms with Gasteiger partial charge in [0.2, 0.25) is 0 Å². The standard InChI is InChI=1S/C21H23NO6/c23-11-16-18(19(25)15-9-5-2-6-10-15)20(26)17(12-24)22(16)21(27)28-13-14-7-3-1-4-8-14/h1-10,16-18,20,23-24,26H,11-13H2. The van der Waals surface area contributed by atoms with Crippen molar-refractivity contribution in [3.63, 3.8) is 0 Å². The minimum atomic E-state index is -1.32. The van der Waals surface area contributed by atoms with E-state index in [1.807, 2.05) is 18.2 Å². The van der Waals surface area contributed by atoms with Crippen LogP contribution in [0.5, 0.6) is 0 Å². The number of amides is 1. The zero-order valence-corrected chi connectivity index (χ0v) is 15.2. The van der Waals surface area contributed by atoms with Crippen molar-refractivity contribution in [3.8, 4) is 0 Å². The fraction of sp³-hybridized carbons (Fsp3) is 0.333. The van der Waals surface area contributed by atoms with E-state index in [-0.39, 0.29) is 6.61 Å². The van der Waals surface area contributed by atoms with Crippen LogP contribution in [0, 0.1) is 5.92 Å². The van der Waals surface area contributed by atoms with Crippen LogP contribution >= 0.6 is 0 Å². The first-order valence-corrected chi connectivity index (χ1v) is 9.06. The van der Waals surface area contributed by atoms with Crippen LogP contribution in [0.1, 0.15) is 15.9 Å². The maximum atomic E-state index is 12.9. The van der Waals surface area contributed by atoms with Gasteiger partial charge in [-0.3, -0.25) is 9.69 Å². The van der Waals surface area contributed by atoms with Crippen LogP contribution < -0.4 is 0 Å². The second kappa shape index (κ2) is 8.97. The average molecular weight is 385 g/mol. The van der Waals surface area contributed by atoms with Crippen LogP contribution in [0.3, 0.4) is 0 Å². The Balaban J connectivity index is 1.81. The van der Waals surface area contributed by atoms with E-state index in [1.165, 1.54) is 0 Å². The number of benzene rings is 2. The molecule has 0 aromatic heterocycles. The Morgan fingerprint density at radius 3 is 2.04 bits per heavy atom. The van der Waals surface area contributed by atoms with Crippen molar-refractivity contribution in [2.24, 2.45) is 5.92 Å². The maximum Gasteiger partial charge on any atom is 0.410 e. The molecule has 7 heteroatoms. The van der Waals surface area contributed by atoms with Crippen LogP contribution in [-0.2, 0) is 11.3 Å². The normalized spacial score (nSPS) is 24.2. The molecule has 0 bridgehead atoms. The second-order valence-corrected chi connectivity index (χ2v) is 6.69. The first-order chi connectivity index (χ1) is 13.6. The molecule has 2 aromatic carbocycles.